The van der Waals surface area contributed by atoms with Crippen LogP contribution < -0.4 is 30.1 Å². The summed E-state index contributed by atoms with van der Waals surface area (Å²) in [6.07, 6.45) is 5.34. The van der Waals surface area contributed by atoms with Crippen molar-refractivity contribution in [1.29, 1.82) is 0 Å². The van der Waals surface area contributed by atoms with Crippen LogP contribution in [0.5, 0.6) is 11.5 Å². The average Bonchev–Trinajstić information content (AvgIpc) is 1.67. The zero-order chi connectivity index (χ0) is 85.5. The van der Waals surface area contributed by atoms with Gasteiger partial charge in [-0.2, -0.15) is 0 Å². The fraction of sp³-hybridized carbons (Fsp3) is 0.0930. The van der Waals surface area contributed by atoms with Gasteiger partial charge < -0.3 is 4.74 Å². The van der Waals surface area contributed by atoms with Crippen molar-refractivity contribution in [3.05, 3.63) is 319 Å². The van der Waals surface area contributed by atoms with E-state index in [9.17, 15) is 24.7 Å². The van der Waals surface area contributed by atoms with Crippen molar-refractivity contribution in [3.8, 4) is 84.3 Å². The Kier molecular flexibility index (Phi) is 8.29. The van der Waals surface area contributed by atoms with Crippen molar-refractivity contribution in [2.24, 2.45) is 0 Å². The topological polar surface area (TPSA) is 35.9 Å². The number of fused-ring (bicyclic) bond motifs is 10. The first-order valence-electron chi connectivity index (χ1n) is 43.2. The second-order valence-electron chi connectivity index (χ2n) is 23.7. The summed E-state index contributed by atoms with van der Waals surface area (Å²) in [6.45, 7) is -6.17. The van der Waals surface area contributed by atoms with Gasteiger partial charge in [0, 0.05) is 39.5 Å². The molecular formula is C86H68N4OSi. The highest BCUT2D eigenvalue weighted by atomic mass is 28.3. The third kappa shape index (κ3) is 9.19. The third-order valence-electron chi connectivity index (χ3n) is 17.4. The molecule has 0 aliphatic carbocycles. The fourth-order valence-electron chi connectivity index (χ4n) is 13.2. The number of imidazole rings is 1. The number of pyridine rings is 1. The zero-order valence-corrected chi connectivity index (χ0v) is 50.7. The van der Waals surface area contributed by atoms with E-state index in [0.29, 0.717) is 28.2 Å². The lowest BCUT2D eigenvalue weighted by Crippen LogP contribution is -2.74. The monoisotopic (exact) mass is 1230 g/mol. The summed E-state index contributed by atoms with van der Waals surface area (Å²) in [5.41, 5.74) is 0.471. The predicted molar refractivity (Wildman–Crippen MR) is 384 cm³/mol. The summed E-state index contributed by atoms with van der Waals surface area (Å²) in [4.78, 5) is 4.88. The van der Waals surface area contributed by atoms with Crippen molar-refractivity contribution in [2.75, 3.05) is 0 Å². The van der Waals surface area contributed by atoms with E-state index in [1.165, 1.54) is 69.8 Å². The van der Waals surface area contributed by atoms with Crippen LogP contribution in [-0.2, 0) is 5.41 Å². The highest BCUT2D eigenvalue weighted by molar-refractivity contribution is 7.20. The quantitative estimate of drug-likeness (QED) is 0.0592. The summed E-state index contributed by atoms with van der Waals surface area (Å²) < 4.78 is 268. The molecule has 3 aromatic heterocycles. The second kappa shape index (κ2) is 22.2. The predicted octanol–water partition coefficient (Wildman–Crippen LogP) is 18.5. The molecule has 15 aromatic rings. The lowest BCUT2D eigenvalue weighted by atomic mass is 9.84. The highest BCUT2D eigenvalue weighted by Gasteiger charge is 2.43. The molecule has 0 atom stereocenters. The van der Waals surface area contributed by atoms with E-state index in [1.54, 1.807) is 85.1 Å². The number of hydrogen-bond acceptors (Lipinski definition) is 2. The molecule has 442 valence electrons. The molecule has 0 unspecified atom stereocenters. The number of ether oxygens (including phenoxy) is 1. The summed E-state index contributed by atoms with van der Waals surface area (Å²) in [6, 6.07) is 35.5. The van der Waals surface area contributed by atoms with Gasteiger partial charge in [0.25, 0.3) is 6.33 Å². The average molecular weight is 1230 g/mol. The second-order valence-corrected chi connectivity index (χ2v) is 27.2. The Bertz CT molecular complexity index is 6530. The Labute approximate surface area is 577 Å². The van der Waals surface area contributed by atoms with E-state index >= 15 is 0 Å². The lowest BCUT2D eigenvalue weighted by Gasteiger charge is -2.35. The van der Waals surface area contributed by atoms with E-state index in [2.05, 4.69) is 27.1 Å². The Morgan fingerprint density at radius 1 is 0.457 bits per heavy atom. The molecule has 0 fully saturated rings. The molecule has 12 aromatic carbocycles. The van der Waals surface area contributed by atoms with Crippen molar-refractivity contribution in [2.45, 2.75) is 53.6 Å². The van der Waals surface area contributed by atoms with Gasteiger partial charge in [-0.05, 0) is 198 Å². The number of benzene rings is 12. The van der Waals surface area contributed by atoms with E-state index in [0.717, 1.165) is 21.9 Å². The van der Waals surface area contributed by atoms with Gasteiger partial charge >= 0.3 is 0 Å². The first kappa shape index (κ1) is 34.3. The maximum atomic E-state index is 10.2. The summed E-state index contributed by atoms with van der Waals surface area (Å²) in [7, 11) is -6.11. The van der Waals surface area contributed by atoms with Gasteiger partial charge in [-0.1, -0.05) is 233 Å². The van der Waals surface area contributed by atoms with Gasteiger partial charge in [0.05, 0.1) is 54.0 Å². The molecule has 5 nitrogen and oxygen atoms in total. The number of rotatable bonds is 10. The Hall–Kier alpha value is -10.9. The fourth-order valence-corrected chi connectivity index (χ4v) is 17.1. The van der Waals surface area contributed by atoms with Crippen LogP contribution in [0.2, 0.25) is 0 Å². The lowest BCUT2D eigenvalue weighted by molar-refractivity contribution is -0.570. The van der Waals surface area contributed by atoms with Crippen molar-refractivity contribution in [3.63, 3.8) is 0 Å². The standard InChI is InChI=1S/C86H68N4OSi/c1-56-26-23-27-57(2)82(56)60-48-75-71-40-19-17-38-69(71)70-39-18-20-41-72(70)76-53-68(92(65-32-11-8-12-33-65,66-34-13-9-14-35-66)67-36-15-10-16-37-67)54-80-85(76)89(84(75)77(49-60)83-58(3)28-24-29-59(83)4)55-88(80)62-30-25-31-63(51-62)91-64-44-45-74-73-42-21-22-43-78(73)90(79(74)52-64)81-50-61(46-47-87-81)86(5,6)7/h8-54H,1-7H3/i1D3,2D3,3D3,4D3,8D,9D,10D,11D,12D,13D,14D,15D,16D,32D,33D,34D,35D,36D,37D. The SMILES string of the molecule is [2H]c1c([2H])c([2H])c([Si](c2cc3c4c(c2)n(-c2cccc(Oc5ccc6c7ccccc7n(-c7cc(C(C)(C)C)ccn7)c6c5)c2)[c-][n+]4-c2c(cc(-c4c(C([2H])([2H])[2H])cccc4C([2H])([2H])[2H])cc2-c2c(C([2H])([2H])[2H])cccc2C([2H])([2H])[2H])-c2ccccc2-c2ccccc2-3)(c2c([2H])c([2H])c([2H])c([2H])c2[2H])c2c([2H])c([2H])c([2H])c([2H])c2[2H])c([2H])c1[2H]. The number of aromatic nitrogens is 4. The maximum absolute atomic E-state index is 10.2. The van der Waals surface area contributed by atoms with Gasteiger partial charge in [-0.3, -0.25) is 13.7 Å². The van der Waals surface area contributed by atoms with Gasteiger partial charge in [-0.25, -0.2) is 4.98 Å². The summed E-state index contributed by atoms with van der Waals surface area (Å²) in [5, 5.41) is -0.966. The van der Waals surface area contributed by atoms with E-state index in [1.807, 2.05) is 53.1 Å². The molecule has 92 heavy (non-hydrogen) atoms. The molecule has 0 radical (unpaired) electrons. The summed E-state index contributed by atoms with van der Waals surface area (Å²) >= 11 is 0. The van der Waals surface area contributed by atoms with Crippen LogP contribution in [0.15, 0.2) is 285 Å². The smallest absolute Gasteiger partial charge is 0.269 e. The van der Waals surface area contributed by atoms with Crippen LogP contribution in [0.25, 0.3) is 106 Å². The molecule has 4 heterocycles. The van der Waals surface area contributed by atoms with Crippen LogP contribution in [0, 0.1) is 33.7 Å². The van der Waals surface area contributed by atoms with Crippen LogP contribution in [0.3, 0.4) is 0 Å². The normalized spacial score (nSPS) is 16.8. The largest absolute Gasteiger partial charge is 0.458 e. The molecule has 0 spiro atoms. The minimum atomic E-state index is -6.11. The molecule has 0 saturated carbocycles. The molecule has 6 heteroatoms. The number of para-hydroxylation sites is 1. The van der Waals surface area contributed by atoms with Crippen LogP contribution in [-0.4, -0.2) is 22.2 Å². The van der Waals surface area contributed by atoms with Crippen LogP contribution >= 0.6 is 0 Å². The number of aryl methyl sites for hydroxylation is 4. The minimum Gasteiger partial charge on any atom is -0.458 e. The van der Waals surface area contributed by atoms with Gasteiger partial charge in [0.15, 0.2) is 8.07 Å². The molecule has 16 rings (SSSR count). The first-order valence-corrected chi connectivity index (χ1v) is 31.7. The molecule has 1 aliphatic rings. The molecule has 0 N–H and O–H groups in total. The first-order chi connectivity index (χ1) is 56.0. The van der Waals surface area contributed by atoms with Gasteiger partial charge in [0.1, 0.15) is 17.3 Å². The minimum absolute atomic E-state index is 0.0111. The zero-order valence-electron chi connectivity index (χ0n) is 76.7. The Balaban J connectivity index is 1.14. The van der Waals surface area contributed by atoms with Crippen molar-refractivity contribution >= 4 is 61.7 Å². The number of hydrogen-bond donors (Lipinski definition) is 0. The molecule has 0 saturated heterocycles. The maximum Gasteiger partial charge on any atom is 0.269 e. The van der Waals surface area contributed by atoms with E-state index < -0.39 is 169 Å². The Morgan fingerprint density at radius 2 is 1.00 bits per heavy atom. The van der Waals surface area contributed by atoms with Crippen LogP contribution in [0.1, 0.15) is 85.6 Å². The Morgan fingerprint density at radius 3 is 1.62 bits per heavy atom. The van der Waals surface area contributed by atoms with Gasteiger partial charge in [0.2, 0.25) is 0 Å². The van der Waals surface area contributed by atoms with E-state index in [4.69, 9.17) is 22.1 Å². The summed E-state index contributed by atoms with van der Waals surface area (Å²) in [5.74, 6) is 1.12. The van der Waals surface area contributed by atoms with Crippen molar-refractivity contribution < 1.29 is 46.3 Å². The van der Waals surface area contributed by atoms with E-state index in [-0.39, 0.29) is 77.7 Å². The molecule has 0 bridgehead atoms. The van der Waals surface area contributed by atoms with Crippen LogP contribution in [0.4, 0.5) is 0 Å². The molecule has 0 amide bonds. The highest BCUT2D eigenvalue weighted by Crippen LogP contribution is 2.48. The molecular weight excluding hydrogens is 1130 g/mol. The number of nitrogens with zero attached hydrogens (tertiary/aromatic N) is 4. The van der Waals surface area contributed by atoms with Gasteiger partial charge in [-0.15, -0.1) is 0 Å². The van der Waals surface area contributed by atoms with Crippen molar-refractivity contribution in [1.82, 2.24) is 14.1 Å². The third-order valence-corrected chi connectivity index (χ3v) is 21.5. The molecule has 1 aliphatic heterocycles.